The highest BCUT2D eigenvalue weighted by molar-refractivity contribution is 5.71. The molecule has 0 N–H and O–H groups in total. The van der Waals surface area contributed by atoms with Gasteiger partial charge < -0.3 is 14.2 Å². The Hall–Kier alpha value is -4.19. The van der Waals surface area contributed by atoms with Crippen LogP contribution in [0.4, 0.5) is 0 Å². The summed E-state index contributed by atoms with van der Waals surface area (Å²) in [5.74, 6) is -1.00. The molecule has 0 rings (SSSR count). The number of esters is 3. The second-order valence-corrected chi connectivity index (χ2v) is 21.6. The van der Waals surface area contributed by atoms with Crippen molar-refractivity contribution in [2.24, 2.45) is 0 Å². The van der Waals surface area contributed by atoms with Gasteiger partial charge in [0.2, 0.25) is 0 Å². The molecule has 6 heteroatoms. The number of allylic oxidation sites excluding steroid dienone is 20. The Labute approximate surface area is 488 Å². The first-order valence-electron chi connectivity index (χ1n) is 33.0. The molecule has 0 spiro atoms. The Morgan fingerprint density at radius 3 is 0.848 bits per heavy atom. The van der Waals surface area contributed by atoms with Crippen molar-refractivity contribution in [2.45, 2.75) is 309 Å². The highest BCUT2D eigenvalue weighted by atomic mass is 16.6. The summed E-state index contributed by atoms with van der Waals surface area (Å²) in [4.78, 5) is 38.3. The molecule has 1 atom stereocenters. The zero-order chi connectivity index (χ0) is 57.1. The van der Waals surface area contributed by atoms with Crippen LogP contribution in [-0.2, 0) is 28.6 Å². The lowest BCUT2D eigenvalue weighted by molar-refractivity contribution is -0.166. The Morgan fingerprint density at radius 1 is 0.266 bits per heavy atom. The van der Waals surface area contributed by atoms with Crippen molar-refractivity contribution in [2.75, 3.05) is 13.2 Å². The highest BCUT2D eigenvalue weighted by Crippen LogP contribution is 2.16. The molecule has 0 fully saturated rings. The van der Waals surface area contributed by atoms with Crippen molar-refractivity contribution in [1.82, 2.24) is 0 Å². The van der Waals surface area contributed by atoms with E-state index < -0.39 is 12.1 Å². The number of hydrogen-bond acceptors (Lipinski definition) is 6. The third kappa shape index (κ3) is 64.5. The van der Waals surface area contributed by atoms with Gasteiger partial charge in [0.1, 0.15) is 13.2 Å². The average Bonchev–Trinajstić information content (AvgIpc) is 3.45. The van der Waals surface area contributed by atoms with Crippen molar-refractivity contribution in [3.8, 4) is 0 Å². The van der Waals surface area contributed by atoms with E-state index in [9.17, 15) is 14.4 Å². The van der Waals surface area contributed by atoms with Crippen molar-refractivity contribution in [1.29, 1.82) is 0 Å². The highest BCUT2D eigenvalue weighted by Gasteiger charge is 2.19. The summed E-state index contributed by atoms with van der Waals surface area (Å²) in [6.07, 6.45) is 92.2. The Bertz CT molecular complexity index is 1640. The smallest absolute Gasteiger partial charge is 0.306 e. The molecule has 1 unspecified atom stereocenters. The predicted octanol–water partition coefficient (Wildman–Crippen LogP) is 22.8. The largest absolute Gasteiger partial charge is 0.462 e. The standard InChI is InChI=1S/C73H122O6/c1-4-7-10-13-16-19-22-25-28-31-33-34-35-36-37-38-40-42-45-48-51-54-57-60-63-66-72(75)78-69-70(68-77-71(74)65-62-59-56-53-50-47-44-41-30-27-24-21-18-15-12-9-6-3)79-73(76)67-64-61-58-55-52-49-46-43-39-32-29-26-23-20-17-14-11-8-5-2/h8,11,17-18,20-22,25-27,29-31,33,39,43,49,52,58,61,70H,4-7,9-10,12-16,19,23-24,28,32,34-38,40-42,44-48,50-51,53-57,59-60,62-69H2,1-3H3/b11-8-,20-17-,21-18-,25-22-,29-26-,30-27-,33-31-,43-39-,52-49-,61-58-. The van der Waals surface area contributed by atoms with E-state index in [1.165, 1.54) is 161 Å². The van der Waals surface area contributed by atoms with E-state index in [4.69, 9.17) is 14.2 Å². The third-order valence-electron chi connectivity index (χ3n) is 13.9. The van der Waals surface area contributed by atoms with Crippen LogP contribution in [-0.4, -0.2) is 37.2 Å². The summed E-state index contributed by atoms with van der Waals surface area (Å²) in [6.45, 7) is 6.44. The molecule has 0 aromatic heterocycles. The molecule has 0 aliphatic rings. The molecule has 79 heavy (non-hydrogen) atoms. The number of ether oxygens (including phenoxy) is 3. The van der Waals surface area contributed by atoms with Crippen molar-refractivity contribution >= 4 is 17.9 Å². The molecule has 0 amide bonds. The number of hydrogen-bond donors (Lipinski definition) is 0. The summed E-state index contributed by atoms with van der Waals surface area (Å²) in [7, 11) is 0. The zero-order valence-electron chi connectivity index (χ0n) is 51.6. The number of carbonyl (C=O) groups excluding carboxylic acids is 3. The van der Waals surface area contributed by atoms with Gasteiger partial charge >= 0.3 is 17.9 Å². The summed E-state index contributed by atoms with van der Waals surface area (Å²) in [6, 6.07) is 0. The molecule has 6 nitrogen and oxygen atoms in total. The van der Waals surface area contributed by atoms with Gasteiger partial charge in [-0.15, -0.1) is 0 Å². The predicted molar refractivity (Wildman–Crippen MR) is 343 cm³/mol. The van der Waals surface area contributed by atoms with E-state index in [-0.39, 0.29) is 31.6 Å². The quantitative estimate of drug-likeness (QED) is 0.0261. The summed E-state index contributed by atoms with van der Waals surface area (Å²) < 4.78 is 16.9. The van der Waals surface area contributed by atoms with Gasteiger partial charge in [-0.3, -0.25) is 14.4 Å². The molecular weight excluding hydrogens is 973 g/mol. The molecule has 0 saturated heterocycles. The molecular formula is C73H122O6. The first-order chi connectivity index (χ1) is 39.0. The van der Waals surface area contributed by atoms with E-state index in [1.54, 1.807) is 0 Å². The van der Waals surface area contributed by atoms with Gasteiger partial charge in [-0.25, -0.2) is 0 Å². The van der Waals surface area contributed by atoms with Gasteiger partial charge in [0.05, 0.1) is 0 Å². The lowest BCUT2D eigenvalue weighted by Gasteiger charge is -2.18. The minimum Gasteiger partial charge on any atom is -0.462 e. The molecule has 0 aliphatic heterocycles. The van der Waals surface area contributed by atoms with Crippen LogP contribution in [0.5, 0.6) is 0 Å². The van der Waals surface area contributed by atoms with E-state index in [0.717, 1.165) is 96.3 Å². The van der Waals surface area contributed by atoms with E-state index >= 15 is 0 Å². The van der Waals surface area contributed by atoms with E-state index in [2.05, 4.69) is 136 Å². The number of rotatable bonds is 59. The molecule has 0 aromatic rings. The van der Waals surface area contributed by atoms with Crippen LogP contribution in [0.2, 0.25) is 0 Å². The second-order valence-electron chi connectivity index (χ2n) is 21.6. The Balaban J connectivity index is 4.45. The van der Waals surface area contributed by atoms with Crippen LogP contribution in [0.1, 0.15) is 303 Å². The minimum atomic E-state index is -0.827. The molecule has 0 radical (unpaired) electrons. The van der Waals surface area contributed by atoms with Gasteiger partial charge in [0.15, 0.2) is 6.10 Å². The van der Waals surface area contributed by atoms with Crippen LogP contribution in [0.3, 0.4) is 0 Å². The summed E-state index contributed by atoms with van der Waals surface area (Å²) in [5, 5.41) is 0. The van der Waals surface area contributed by atoms with E-state index in [1.807, 2.05) is 6.08 Å². The molecule has 0 heterocycles. The lowest BCUT2D eigenvalue weighted by Crippen LogP contribution is -2.30. The molecule has 0 aliphatic carbocycles. The normalized spacial score (nSPS) is 12.9. The van der Waals surface area contributed by atoms with Crippen LogP contribution in [0, 0.1) is 0 Å². The number of unbranched alkanes of at least 4 members (excludes halogenated alkanes) is 28. The van der Waals surface area contributed by atoms with Crippen molar-refractivity contribution in [3.63, 3.8) is 0 Å². The van der Waals surface area contributed by atoms with Crippen LogP contribution in [0.15, 0.2) is 122 Å². The topological polar surface area (TPSA) is 78.9 Å². The first kappa shape index (κ1) is 74.8. The van der Waals surface area contributed by atoms with Gasteiger partial charge in [-0.05, 0) is 122 Å². The maximum Gasteiger partial charge on any atom is 0.306 e. The SMILES string of the molecule is CC/C=C\C/C=C\C/C=C\C/C=C\C/C=C\C/C=C\CCC(=O)OC(COC(=O)CCCCCCCCC/C=C\C/C=C\CCCCC)COC(=O)CCCCCCCCCCCCCCC/C=C\C/C=C\CCCCCCC. The van der Waals surface area contributed by atoms with Crippen LogP contribution in [0.25, 0.3) is 0 Å². The van der Waals surface area contributed by atoms with E-state index in [0.29, 0.717) is 19.3 Å². The third-order valence-corrected chi connectivity index (χ3v) is 13.9. The Kier molecular flexibility index (Phi) is 62.8. The monoisotopic (exact) mass is 1090 g/mol. The van der Waals surface area contributed by atoms with Crippen molar-refractivity contribution in [3.05, 3.63) is 122 Å². The van der Waals surface area contributed by atoms with Gasteiger partial charge in [0.25, 0.3) is 0 Å². The van der Waals surface area contributed by atoms with Crippen LogP contribution >= 0.6 is 0 Å². The van der Waals surface area contributed by atoms with Gasteiger partial charge in [0, 0.05) is 19.3 Å². The average molecular weight is 1100 g/mol. The maximum atomic E-state index is 12.9. The fourth-order valence-electron chi connectivity index (χ4n) is 9.00. The fraction of sp³-hybridized carbons (Fsp3) is 0.685. The first-order valence-corrected chi connectivity index (χ1v) is 33.0. The number of carbonyl (C=O) groups is 3. The Morgan fingerprint density at radius 2 is 0.519 bits per heavy atom. The van der Waals surface area contributed by atoms with Gasteiger partial charge in [-0.2, -0.15) is 0 Å². The lowest BCUT2D eigenvalue weighted by atomic mass is 10.0. The molecule has 0 aromatic carbocycles. The maximum absolute atomic E-state index is 12.9. The molecule has 0 saturated carbocycles. The summed E-state index contributed by atoms with van der Waals surface area (Å²) >= 11 is 0. The molecule has 450 valence electrons. The van der Waals surface area contributed by atoms with Crippen LogP contribution < -0.4 is 0 Å². The second kappa shape index (κ2) is 66.3. The fourth-order valence-corrected chi connectivity index (χ4v) is 9.00. The summed E-state index contributed by atoms with van der Waals surface area (Å²) in [5.41, 5.74) is 0. The van der Waals surface area contributed by atoms with Crippen molar-refractivity contribution < 1.29 is 28.6 Å². The zero-order valence-corrected chi connectivity index (χ0v) is 51.6. The molecule has 0 bridgehead atoms. The minimum absolute atomic E-state index is 0.113. The van der Waals surface area contributed by atoms with Gasteiger partial charge in [-0.1, -0.05) is 284 Å².